The van der Waals surface area contributed by atoms with Gasteiger partial charge in [-0.05, 0) is 56.4 Å². The first-order valence-electron chi connectivity index (χ1n) is 13.9. The van der Waals surface area contributed by atoms with Gasteiger partial charge in [-0.2, -0.15) is 15.5 Å². The molecule has 1 unspecified atom stereocenters. The molecule has 214 valence electrons. The third kappa shape index (κ3) is 5.54. The second-order valence-corrected chi connectivity index (χ2v) is 10.7. The summed E-state index contributed by atoms with van der Waals surface area (Å²) < 4.78 is 42.3. The van der Waals surface area contributed by atoms with Gasteiger partial charge in [-0.1, -0.05) is 0 Å². The van der Waals surface area contributed by atoms with Crippen LogP contribution < -0.4 is 14.8 Å². The van der Waals surface area contributed by atoms with Gasteiger partial charge in [0.2, 0.25) is 6.36 Å². The molecule has 2 aliphatic rings. The Hall–Kier alpha value is -4.24. The Bertz CT molecular complexity index is 1570. The molecule has 1 atom stereocenters. The van der Waals surface area contributed by atoms with E-state index in [2.05, 4.69) is 38.1 Å². The van der Waals surface area contributed by atoms with Gasteiger partial charge in [-0.3, -0.25) is 14.6 Å². The number of hydrogen-bond acceptors (Lipinski definition) is 8. The minimum absolute atomic E-state index is 0.0783. The van der Waals surface area contributed by atoms with E-state index in [-0.39, 0.29) is 18.4 Å². The van der Waals surface area contributed by atoms with Crippen molar-refractivity contribution in [1.82, 2.24) is 34.6 Å². The molecule has 0 amide bonds. The van der Waals surface area contributed by atoms with Crippen LogP contribution in [-0.2, 0) is 19.7 Å². The fourth-order valence-corrected chi connectivity index (χ4v) is 5.93. The van der Waals surface area contributed by atoms with Crippen molar-refractivity contribution < 1.29 is 18.3 Å². The van der Waals surface area contributed by atoms with E-state index in [9.17, 15) is 8.78 Å². The van der Waals surface area contributed by atoms with Gasteiger partial charge in [0.15, 0.2) is 17.5 Å². The molecule has 12 heteroatoms. The maximum Gasteiger partial charge on any atom is 0.236 e. The highest BCUT2D eigenvalue weighted by Crippen LogP contribution is 2.37. The van der Waals surface area contributed by atoms with Crippen molar-refractivity contribution in [3.05, 3.63) is 59.6 Å². The zero-order valence-corrected chi connectivity index (χ0v) is 23.1. The molecule has 10 nitrogen and oxygen atoms in total. The first kappa shape index (κ1) is 27.0. The van der Waals surface area contributed by atoms with Gasteiger partial charge in [0.05, 0.1) is 36.0 Å². The fourth-order valence-electron chi connectivity index (χ4n) is 5.93. The highest BCUT2D eigenvalue weighted by Gasteiger charge is 2.30. The molecule has 1 fully saturated rings. The maximum atomic E-state index is 13.8. The van der Waals surface area contributed by atoms with Crippen LogP contribution >= 0.6 is 0 Å². The molecule has 0 bridgehead atoms. The average Bonchev–Trinajstić information content (AvgIpc) is 3.53. The van der Waals surface area contributed by atoms with E-state index >= 15 is 0 Å². The number of nitrogens with zero attached hydrogens (tertiary/aromatic N) is 7. The number of pyridine rings is 2. The largest absolute Gasteiger partial charge is 0.485 e. The highest BCUT2D eigenvalue weighted by atomic mass is 19.1. The number of nitriles is 1. The molecule has 6 rings (SSSR count). The normalized spacial score (nSPS) is 19.9. The number of nitrogens with one attached hydrogen (secondary N) is 1. The van der Waals surface area contributed by atoms with Crippen molar-refractivity contribution in [2.75, 3.05) is 6.54 Å². The first-order valence-corrected chi connectivity index (χ1v) is 13.9. The van der Waals surface area contributed by atoms with Gasteiger partial charge in [0.1, 0.15) is 18.2 Å². The Kier molecular flexibility index (Phi) is 7.45. The SMILES string of the molecule is Cc1c(-c2cc(OCc3ccc(F)cn3)c3c(OC(C)F)cnn3c2)nn2c1CN(C1CCC(NC#N)CC1)CC2. The summed E-state index contributed by atoms with van der Waals surface area (Å²) in [6, 6.07) is 5.52. The summed E-state index contributed by atoms with van der Waals surface area (Å²) in [5.41, 5.74) is 4.92. The lowest BCUT2D eigenvalue weighted by atomic mass is 9.90. The summed E-state index contributed by atoms with van der Waals surface area (Å²) in [6.07, 6.45) is 9.15. The molecule has 0 spiro atoms. The fraction of sp³-hybridized carbons (Fsp3) is 0.448. The van der Waals surface area contributed by atoms with Gasteiger partial charge >= 0.3 is 0 Å². The molecule has 0 aromatic carbocycles. The molecule has 4 aromatic rings. The Balaban J connectivity index is 1.29. The summed E-state index contributed by atoms with van der Waals surface area (Å²) in [5, 5.41) is 21.2. The van der Waals surface area contributed by atoms with Crippen LogP contribution in [0.2, 0.25) is 0 Å². The van der Waals surface area contributed by atoms with Gasteiger partial charge in [0.25, 0.3) is 0 Å². The molecule has 0 saturated heterocycles. The first-order chi connectivity index (χ1) is 19.9. The van der Waals surface area contributed by atoms with Gasteiger partial charge in [0, 0.05) is 43.9 Å². The summed E-state index contributed by atoms with van der Waals surface area (Å²) >= 11 is 0. The van der Waals surface area contributed by atoms with E-state index in [1.165, 1.54) is 24.9 Å². The van der Waals surface area contributed by atoms with Crippen molar-refractivity contribution in [3.63, 3.8) is 0 Å². The second-order valence-electron chi connectivity index (χ2n) is 10.7. The number of alkyl halides is 1. The van der Waals surface area contributed by atoms with Crippen LogP contribution in [0.15, 0.2) is 36.8 Å². The predicted octanol–water partition coefficient (Wildman–Crippen LogP) is 4.51. The minimum atomic E-state index is -1.53. The number of halogens is 2. The van der Waals surface area contributed by atoms with E-state index in [1.54, 1.807) is 10.6 Å². The zero-order valence-electron chi connectivity index (χ0n) is 23.1. The topological polar surface area (TPSA) is 106 Å². The van der Waals surface area contributed by atoms with Gasteiger partial charge in [-0.25, -0.2) is 13.3 Å². The van der Waals surface area contributed by atoms with E-state index in [1.807, 2.05) is 12.3 Å². The van der Waals surface area contributed by atoms with Crippen LogP contribution in [0, 0.1) is 24.2 Å². The van der Waals surface area contributed by atoms with E-state index < -0.39 is 12.2 Å². The number of ether oxygens (including phenoxy) is 2. The smallest absolute Gasteiger partial charge is 0.236 e. The number of aromatic nitrogens is 5. The van der Waals surface area contributed by atoms with Crippen molar-refractivity contribution in [2.24, 2.45) is 0 Å². The minimum Gasteiger partial charge on any atom is -0.485 e. The molecule has 0 radical (unpaired) electrons. The molecule has 4 aromatic heterocycles. The van der Waals surface area contributed by atoms with Crippen LogP contribution in [-0.4, -0.2) is 54.3 Å². The predicted molar refractivity (Wildman–Crippen MR) is 146 cm³/mol. The number of rotatable bonds is 8. The molecule has 1 aliphatic heterocycles. The monoisotopic (exact) mass is 562 g/mol. The highest BCUT2D eigenvalue weighted by molar-refractivity contribution is 5.75. The van der Waals surface area contributed by atoms with E-state index in [4.69, 9.17) is 19.8 Å². The molecular weight excluding hydrogens is 530 g/mol. The second kappa shape index (κ2) is 11.3. The summed E-state index contributed by atoms with van der Waals surface area (Å²) in [6.45, 7) is 6.00. The maximum absolute atomic E-state index is 13.8. The molecule has 1 saturated carbocycles. The lowest BCUT2D eigenvalue weighted by Gasteiger charge is -2.38. The summed E-state index contributed by atoms with van der Waals surface area (Å²) in [7, 11) is 0. The van der Waals surface area contributed by atoms with Crippen LogP contribution in [0.3, 0.4) is 0 Å². The van der Waals surface area contributed by atoms with Crippen LogP contribution in [0.4, 0.5) is 8.78 Å². The van der Waals surface area contributed by atoms with Crippen LogP contribution in [0.5, 0.6) is 11.5 Å². The third-order valence-electron chi connectivity index (χ3n) is 8.02. The zero-order chi connectivity index (χ0) is 28.5. The Morgan fingerprint density at radius 3 is 2.73 bits per heavy atom. The lowest BCUT2D eigenvalue weighted by Crippen LogP contribution is -2.45. The molecule has 5 heterocycles. The Morgan fingerprint density at radius 2 is 2.00 bits per heavy atom. The molecule has 1 N–H and O–H groups in total. The van der Waals surface area contributed by atoms with E-state index in [0.717, 1.165) is 68.3 Å². The molecular formula is C29H32F2N8O2. The Morgan fingerprint density at radius 1 is 1.17 bits per heavy atom. The molecule has 41 heavy (non-hydrogen) atoms. The van der Waals surface area contributed by atoms with Crippen LogP contribution in [0.1, 0.15) is 49.6 Å². The van der Waals surface area contributed by atoms with Crippen molar-refractivity contribution in [2.45, 2.75) is 77.7 Å². The number of fused-ring (bicyclic) bond motifs is 2. The summed E-state index contributed by atoms with van der Waals surface area (Å²) in [5.74, 6) is 0.254. The van der Waals surface area contributed by atoms with E-state index in [0.29, 0.717) is 23.0 Å². The number of hydrogen-bond donors (Lipinski definition) is 1. The quantitative estimate of drug-likeness (QED) is 0.247. The summed E-state index contributed by atoms with van der Waals surface area (Å²) in [4.78, 5) is 6.62. The molecule has 1 aliphatic carbocycles. The third-order valence-corrected chi connectivity index (χ3v) is 8.02. The lowest BCUT2D eigenvalue weighted by molar-refractivity contribution is 0.0874. The average molecular weight is 563 g/mol. The van der Waals surface area contributed by atoms with Crippen molar-refractivity contribution >= 4 is 5.52 Å². The standard InChI is InChI=1S/C29H32F2N8O2/c1-18-25-15-37(24-7-5-22(6-8-24)34-17-32)9-10-38(25)36-28(18)20-11-26(40-16-23-4-3-21(31)12-33-23)29-27(41-19(2)30)13-35-39(29)14-20/h3-4,11-14,19,22,24,34H,5-10,15-16H2,1-2H3. The van der Waals surface area contributed by atoms with Crippen molar-refractivity contribution in [1.29, 1.82) is 5.26 Å². The Labute approximate surface area is 236 Å². The van der Waals surface area contributed by atoms with Gasteiger partial charge < -0.3 is 14.8 Å². The van der Waals surface area contributed by atoms with Crippen molar-refractivity contribution in [3.8, 4) is 28.9 Å². The van der Waals surface area contributed by atoms with Crippen LogP contribution in [0.25, 0.3) is 16.8 Å². The van der Waals surface area contributed by atoms with Gasteiger partial charge in [-0.15, -0.1) is 0 Å².